The first-order chi connectivity index (χ1) is 7.22. The van der Waals surface area contributed by atoms with Gasteiger partial charge in [-0.1, -0.05) is 0 Å². The van der Waals surface area contributed by atoms with Crippen LogP contribution in [0.25, 0.3) is 0 Å². The van der Waals surface area contributed by atoms with Gasteiger partial charge in [0.15, 0.2) is 0 Å². The molecule has 0 aliphatic heterocycles. The summed E-state index contributed by atoms with van der Waals surface area (Å²) < 4.78 is 5.35. The molecule has 0 radical (unpaired) electrons. The standard InChI is InChI=1S/C10H22N2O4/c1-10(2,3)16-6-7(13)4-12-5-8(14)9(11)15/h7-8,12-14H,4-6H2,1-3H3,(H2,11,15). The number of aliphatic hydroxyl groups excluding tert-OH is 2. The molecule has 6 nitrogen and oxygen atoms in total. The molecule has 5 N–H and O–H groups in total. The van der Waals surface area contributed by atoms with Gasteiger partial charge in [0.25, 0.3) is 0 Å². The third-order valence-electron chi connectivity index (χ3n) is 1.75. The number of nitrogens with two attached hydrogens (primary N) is 1. The lowest BCUT2D eigenvalue weighted by Crippen LogP contribution is -2.41. The van der Waals surface area contributed by atoms with Crippen LogP contribution in [0, 0.1) is 0 Å². The normalized spacial score (nSPS) is 15.8. The van der Waals surface area contributed by atoms with Gasteiger partial charge >= 0.3 is 0 Å². The Morgan fingerprint density at radius 1 is 1.38 bits per heavy atom. The minimum atomic E-state index is -1.23. The maximum absolute atomic E-state index is 10.5. The zero-order chi connectivity index (χ0) is 12.8. The van der Waals surface area contributed by atoms with Crippen LogP contribution in [0.15, 0.2) is 0 Å². The third kappa shape index (κ3) is 8.60. The van der Waals surface area contributed by atoms with Gasteiger partial charge in [-0.25, -0.2) is 0 Å². The number of primary amides is 1. The number of nitrogens with one attached hydrogen (secondary N) is 1. The lowest BCUT2D eigenvalue weighted by Gasteiger charge is -2.22. The van der Waals surface area contributed by atoms with Crippen LogP contribution in [0.1, 0.15) is 20.8 Å². The van der Waals surface area contributed by atoms with Crippen molar-refractivity contribution in [1.29, 1.82) is 0 Å². The van der Waals surface area contributed by atoms with Crippen LogP contribution in [0.3, 0.4) is 0 Å². The van der Waals surface area contributed by atoms with E-state index in [-0.39, 0.29) is 25.3 Å². The highest BCUT2D eigenvalue weighted by molar-refractivity contribution is 5.78. The summed E-state index contributed by atoms with van der Waals surface area (Å²) in [6.07, 6.45) is -1.91. The van der Waals surface area contributed by atoms with Crippen molar-refractivity contribution < 1.29 is 19.7 Å². The molecule has 2 unspecified atom stereocenters. The monoisotopic (exact) mass is 234 g/mol. The summed E-state index contributed by atoms with van der Waals surface area (Å²) in [6.45, 7) is 6.14. The second-order valence-corrected chi connectivity index (χ2v) is 4.65. The van der Waals surface area contributed by atoms with Gasteiger partial charge in [-0.15, -0.1) is 0 Å². The highest BCUT2D eigenvalue weighted by Crippen LogP contribution is 2.06. The van der Waals surface area contributed by atoms with Crippen molar-refractivity contribution in [2.45, 2.75) is 38.6 Å². The molecule has 0 aromatic heterocycles. The second kappa shape index (κ2) is 6.80. The molecule has 0 heterocycles. The van der Waals surface area contributed by atoms with E-state index in [1.165, 1.54) is 0 Å². The molecule has 0 aromatic rings. The topological polar surface area (TPSA) is 105 Å². The van der Waals surface area contributed by atoms with Crippen molar-refractivity contribution in [3.63, 3.8) is 0 Å². The van der Waals surface area contributed by atoms with Crippen LogP contribution in [-0.2, 0) is 9.53 Å². The molecule has 0 aromatic carbocycles. The van der Waals surface area contributed by atoms with E-state index in [2.05, 4.69) is 5.32 Å². The van der Waals surface area contributed by atoms with E-state index < -0.39 is 18.1 Å². The largest absolute Gasteiger partial charge is 0.389 e. The Morgan fingerprint density at radius 2 is 1.94 bits per heavy atom. The van der Waals surface area contributed by atoms with Gasteiger partial charge < -0.3 is 26.0 Å². The van der Waals surface area contributed by atoms with E-state index >= 15 is 0 Å². The Balaban J connectivity index is 3.58. The predicted molar refractivity (Wildman–Crippen MR) is 59.8 cm³/mol. The van der Waals surface area contributed by atoms with E-state index in [1.54, 1.807) is 0 Å². The minimum Gasteiger partial charge on any atom is -0.389 e. The van der Waals surface area contributed by atoms with Crippen molar-refractivity contribution in [3.8, 4) is 0 Å². The summed E-state index contributed by atoms with van der Waals surface area (Å²) >= 11 is 0. The first kappa shape index (κ1) is 15.3. The Labute approximate surface area is 95.8 Å². The number of rotatable bonds is 7. The molecule has 0 saturated heterocycles. The highest BCUT2D eigenvalue weighted by atomic mass is 16.5. The Bertz CT molecular complexity index is 215. The number of ether oxygens (including phenoxy) is 1. The van der Waals surface area contributed by atoms with Crippen molar-refractivity contribution in [2.24, 2.45) is 5.73 Å². The number of hydrogen-bond acceptors (Lipinski definition) is 5. The summed E-state index contributed by atoms with van der Waals surface area (Å²) in [5.41, 5.74) is 4.55. The van der Waals surface area contributed by atoms with Crippen LogP contribution in [-0.4, -0.2) is 53.6 Å². The van der Waals surface area contributed by atoms with Gasteiger partial charge in [0, 0.05) is 13.1 Å². The van der Waals surface area contributed by atoms with Gasteiger partial charge in [0.1, 0.15) is 6.10 Å². The van der Waals surface area contributed by atoms with Gasteiger partial charge in [-0.05, 0) is 20.8 Å². The lowest BCUT2D eigenvalue weighted by molar-refractivity contribution is -0.125. The first-order valence-electron chi connectivity index (χ1n) is 5.22. The molecule has 0 aliphatic rings. The lowest BCUT2D eigenvalue weighted by atomic mass is 10.2. The maximum Gasteiger partial charge on any atom is 0.247 e. The number of carbonyl (C=O) groups is 1. The Kier molecular flexibility index (Phi) is 6.51. The fraction of sp³-hybridized carbons (Fsp3) is 0.900. The smallest absolute Gasteiger partial charge is 0.247 e. The summed E-state index contributed by atoms with van der Waals surface area (Å²) in [4.78, 5) is 10.5. The van der Waals surface area contributed by atoms with Gasteiger partial charge in [-0.2, -0.15) is 0 Å². The number of aliphatic hydroxyl groups is 2. The van der Waals surface area contributed by atoms with Crippen LogP contribution in [0.5, 0.6) is 0 Å². The quantitative estimate of drug-likeness (QED) is 0.433. The predicted octanol–water partition coefficient (Wildman–Crippen LogP) is -1.40. The minimum absolute atomic E-state index is 0.0297. The molecule has 0 rings (SSSR count). The average Bonchev–Trinajstić information content (AvgIpc) is 2.13. The molecular formula is C10H22N2O4. The van der Waals surface area contributed by atoms with Crippen molar-refractivity contribution in [1.82, 2.24) is 5.32 Å². The van der Waals surface area contributed by atoms with Crippen LogP contribution in [0.2, 0.25) is 0 Å². The first-order valence-corrected chi connectivity index (χ1v) is 5.22. The summed E-state index contributed by atoms with van der Waals surface area (Å²) in [5, 5.41) is 21.2. The average molecular weight is 234 g/mol. The molecule has 0 aliphatic carbocycles. The summed E-state index contributed by atoms with van der Waals surface area (Å²) in [6, 6.07) is 0. The number of amides is 1. The fourth-order valence-electron chi connectivity index (χ4n) is 0.892. The number of hydrogen-bond donors (Lipinski definition) is 4. The zero-order valence-electron chi connectivity index (χ0n) is 10.1. The van der Waals surface area contributed by atoms with Crippen LogP contribution < -0.4 is 11.1 Å². The van der Waals surface area contributed by atoms with E-state index in [4.69, 9.17) is 15.6 Å². The molecule has 0 spiro atoms. The Morgan fingerprint density at radius 3 is 2.38 bits per heavy atom. The fourth-order valence-corrected chi connectivity index (χ4v) is 0.892. The molecule has 0 saturated carbocycles. The van der Waals surface area contributed by atoms with E-state index in [0.29, 0.717) is 0 Å². The highest BCUT2D eigenvalue weighted by Gasteiger charge is 2.14. The zero-order valence-corrected chi connectivity index (χ0v) is 10.1. The number of carbonyl (C=O) groups excluding carboxylic acids is 1. The summed E-state index contributed by atoms with van der Waals surface area (Å²) in [5.74, 6) is -0.784. The molecule has 0 bridgehead atoms. The molecule has 16 heavy (non-hydrogen) atoms. The molecule has 0 fully saturated rings. The second-order valence-electron chi connectivity index (χ2n) is 4.65. The van der Waals surface area contributed by atoms with Gasteiger partial charge in [0.05, 0.1) is 18.3 Å². The molecule has 6 heteroatoms. The SMILES string of the molecule is CC(C)(C)OCC(O)CNCC(O)C(N)=O. The summed E-state index contributed by atoms with van der Waals surface area (Å²) in [7, 11) is 0. The van der Waals surface area contributed by atoms with Crippen molar-refractivity contribution in [3.05, 3.63) is 0 Å². The molecule has 2 atom stereocenters. The van der Waals surface area contributed by atoms with Crippen molar-refractivity contribution >= 4 is 5.91 Å². The maximum atomic E-state index is 10.5. The van der Waals surface area contributed by atoms with Gasteiger partial charge in [0.2, 0.25) is 5.91 Å². The molecular weight excluding hydrogens is 212 g/mol. The van der Waals surface area contributed by atoms with Crippen LogP contribution in [0.4, 0.5) is 0 Å². The molecule has 96 valence electrons. The Hall–Kier alpha value is -0.690. The third-order valence-corrected chi connectivity index (χ3v) is 1.75. The molecule has 1 amide bonds. The van der Waals surface area contributed by atoms with Crippen LogP contribution >= 0.6 is 0 Å². The van der Waals surface area contributed by atoms with E-state index in [1.807, 2.05) is 20.8 Å². The van der Waals surface area contributed by atoms with E-state index in [9.17, 15) is 9.90 Å². The van der Waals surface area contributed by atoms with E-state index in [0.717, 1.165) is 0 Å². The van der Waals surface area contributed by atoms with Crippen molar-refractivity contribution in [2.75, 3.05) is 19.7 Å². The van der Waals surface area contributed by atoms with Gasteiger partial charge in [-0.3, -0.25) is 4.79 Å².